The van der Waals surface area contributed by atoms with Crippen LogP contribution in [-0.2, 0) is 7.05 Å². The number of benzene rings is 3. The van der Waals surface area contributed by atoms with Crippen molar-refractivity contribution in [2.75, 3.05) is 25.5 Å². The Bertz CT molecular complexity index is 1710. The van der Waals surface area contributed by atoms with Gasteiger partial charge in [0.1, 0.15) is 11.3 Å². The smallest absolute Gasteiger partial charge is 0.293 e. The first kappa shape index (κ1) is 26.7. The highest BCUT2D eigenvalue weighted by Gasteiger charge is 2.17. The van der Waals surface area contributed by atoms with E-state index < -0.39 is 0 Å². The second kappa shape index (κ2) is 11.4. The second-order valence-corrected chi connectivity index (χ2v) is 9.38. The first-order valence-electron chi connectivity index (χ1n) is 13.2. The van der Waals surface area contributed by atoms with Gasteiger partial charge < -0.3 is 23.9 Å². The first-order chi connectivity index (χ1) is 19.4. The van der Waals surface area contributed by atoms with Crippen LogP contribution in [0.4, 0.5) is 11.5 Å². The SMILES string of the molecule is CCCN(CC)C(=O)c1ccc(Nc2nc(-c3cccc4nc(-c5ccc(OC)cc5)oc34)cn(C)c2=O)cc1. The summed E-state index contributed by atoms with van der Waals surface area (Å²) in [4.78, 5) is 36.9. The molecule has 0 spiro atoms. The van der Waals surface area contributed by atoms with Gasteiger partial charge in [-0.2, -0.15) is 0 Å². The van der Waals surface area contributed by atoms with E-state index in [-0.39, 0.29) is 17.3 Å². The Morgan fingerprint density at radius 1 is 1.02 bits per heavy atom. The normalized spacial score (nSPS) is 11.0. The average Bonchev–Trinajstić information content (AvgIpc) is 3.43. The Morgan fingerprint density at radius 2 is 1.77 bits per heavy atom. The van der Waals surface area contributed by atoms with E-state index in [9.17, 15) is 9.59 Å². The Hall–Kier alpha value is -4.92. The molecule has 0 unspecified atom stereocenters. The molecule has 5 aromatic rings. The third kappa shape index (κ3) is 5.31. The third-order valence-corrected chi connectivity index (χ3v) is 6.66. The van der Waals surface area contributed by atoms with Crippen molar-refractivity contribution in [3.63, 3.8) is 0 Å². The van der Waals surface area contributed by atoms with Crippen molar-refractivity contribution in [1.82, 2.24) is 19.4 Å². The number of anilines is 2. The predicted octanol–water partition coefficient (Wildman–Crippen LogP) is 5.88. The number of methoxy groups -OCH3 is 1. The molecule has 0 fully saturated rings. The van der Waals surface area contributed by atoms with Crippen molar-refractivity contribution in [3.05, 3.63) is 88.8 Å². The molecule has 1 N–H and O–H groups in total. The molecular weight excluding hydrogens is 506 g/mol. The van der Waals surface area contributed by atoms with Gasteiger partial charge in [0.15, 0.2) is 11.4 Å². The molecule has 5 rings (SSSR count). The van der Waals surface area contributed by atoms with Gasteiger partial charge in [-0.25, -0.2) is 9.97 Å². The van der Waals surface area contributed by atoms with Crippen LogP contribution in [0, 0.1) is 0 Å². The highest BCUT2D eigenvalue weighted by molar-refractivity contribution is 5.94. The van der Waals surface area contributed by atoms with Gasteiger partial charge in [-0.1, -0.05) is 13.0 Å². The fourth-order valence-electron chi connectivity index (χ4n) is 4.51. The molecule has 0 saturated carbocycles. The van der Waals surface area contributed by atoms with E-state index in [1.165, 1.54) is 4.57 Å². The number of para-hydroxylation sites is 1. The summed E-state index contributed by atoms with van der Waals surface area (Å²) in [5.41, 5.74) is 4.29. The largest absolute Gasteiger partial charge is 0.497 e. The van der Waals surface area contributed by atoms with Gasteiger partial charge in [-0.05, 0) is 74.0 Å². The number of aryl methyl sites for hydroxylation is 1. The van der Waals surface area contributed by atoms with E-state index in [1.54, 1.807) is 44.6 Å². The minimum Gasteiger partial charge on any atom is -0.497 e. The van der Waals surface area contributed by atoms with Crippen molar-refractivity contribution in [1.29, 1.82) is 0 Å². The summed E-state index contributed by atoms with van der Waals surface area (Å²) in [6, 6.07) is 20.2. The molecule has 0 aliphatic rings. The highest BCUT2D eigenvalue weighted by Crippen LogP contribution is 2.32. The fraction of sp³-hybridized carbons (Fsp3) is 0.226. The van der Waals surface area contributed by atoms with Crippen LogP contribution in [0.3, 0.4) is 0 Å². The van der Waals surface area contributed by atoms with Gasteiger partial charge in [-0.15, -0.1) is 0 Å². The maximum absolute atomic E-state index is 13.0. The molecule has 0 atom stereocenters. The van der Waals surface area contributed by atoms with Gasteiger partial charge in [0.25, 0.3) is 11.5 Å². The van der Waals surface area contributed by atoms with E-state index in [2.05, 4.69) is 15.3 Å². The number of nitrogens with zero attached hydrogens (tertiary/aromatic N) is 4. The van der Waals surface area contributed by atoms with Crippen LogP contribution in [0.1, 0.15) is 30.6 Å². The van der Waals surface area contributed by atoms with Gasteiger partial charge >= 0.3 is 0 Å². The topological polar surface area (TPSA) is 102 Å². The summed E-state index contributed by atoms with van der Waals surface area (Å²) in [6.07, 6.45) is 2.57. The molecule has 0 aliphatic heterocycles. The molecule has 2 aromatic heterocycles. The zero-order valence-corrected chi connectivity index (χ0v) is 23.0. The van der Waals surface area contributed by atoms with Crippen molar-refractivity contribution in [3.8, 4) is 28.5 Å². The summed E-state index contributed by atoms with van der Waals surface area (Å²) < 4.78 is 12.9. The number of nitrogens with one attached hydrogen (secondary N) is 1. The van der Waals surface area contributed by atoms with Gasteiger partial charge in [-0.3, -0.25) is 9.59 Å². The van der Waals surface area contributed by atoms with Crippen LogP contribution in [0.25, 0.3) is 33.8 Å². The Balaban J connectivity index is 1.46. The number of hydrogen-bond acceptors (Lipinski definition) is 7. The number of carbonyl (C=O) groups is 1. The molecule has 1 amide bonds. The first-order valence-corrected chi connectivity index (χ1v) is 13.2. The molecule has 2 heterocycles. The quantitative estimate of drug-likeness (QED) is 0.250. The number of aromatic nitrogens is 3. The lowest BCUT2D eigenvalue weighted by Gasteiger charge is -2.20. The van der Waals surface area contributed by atoms with Crippen LogP contribution in [0.15, 0.2) is 82.1 Å². The van der Waals surface area contributed by atoms with Crippen LogP contribution in [-0.4, -0.2) is 45.5 Å². The number of hydrogen-bond donors (Lipinski definition) is 1. The average molecular weight is 538 g/mol. The minimum absolute atomic E-state index is 0.0129. The molecule has 0 aliphatic carbocycles. The maximum Gasteiger partial charge on any atom is 0.293 e. The van der Waals surface area contributed by atoms with Crippen LogP contribution >= 0.6 is 0 Å². The molecular formula is C31H31N5O4. The minimum atomic E-state index is -0.285. The van der Waals surface area contributed by atoms with Gasteiger partial charge in [0, 0.05) is 48.7 Å². The number of carbonyl (C=O) groups excluding carboxylic acids is 1. The molecule has 0 bridgehead atoms. The van der Waals surface area contributed by atoms with Crippen LogP contribution in [0.5, 0.6) is 5.75 Å². The van der Waals surface area contributed by atoms with Crippen LogP contribution in [0.2, 0.25) is 0 Å². The summed E-state index contributed by atoms with van der Waals surface area (Å²) in [5, 5.41) is 3.12. The zero-order valence-electron chi connectivity index (χ0n) is 23.0. The third-order valence-electron chi connectivity index (χ3n) is 6.66. The summed E-state index contributed by atoms with van der Waals surface area (Å²) in [5.74, 6) is 1.37. The van der Waals surface area contributed by atoms with Crippen molar-refractivity contribution in [2.24, 2.45) is 7.05 Å². The lowest BCUT2D eigenvalue weighted by Crippen LogP contribution is -2.31. The Morgan fingerprint density at radius 3 is 2.45 bits per heavy atom. The molecule has 0 saturated heterocycles. The summed E-state index contributed by atoms with van der Waals surface area (Å²) in [6.45, 7) is 5.38. The monoisotopic (exact) mass is 537 g/mol. The number of fused-ring (bicyclic) bond motifs is 1. The number of ether oxygens (including phenoxy) is 1. The molecule has 204 valence electrons. The molecule has 9 heteroatoms. The molecule has 3 aromatic carbocycles. The second-order valence-electron chi connectivity index (χ2n) is 9.38. The van der Waals surface area contributed by atoms with E-state index in [0.717, 1.165) is 17.7 Å². The Kier molecular flexibility index (Phi) is 7.63. The molecule has 40 heavy (non-hydrogen) atoms. The molecule has 9 nitrogen and oxygen atoms in total. The standard InChI is InChI=1S/C31H31N5O4/c1-5-18-36(6-2)30(37)21-10-14-22(15-11-21)32-28-31(38)35(3)19-26(33-28)24-8-7-9-25-27(24)40-29(34-25)20-12-16-23(39-4)17-13-20/h7-17,19H,5-6,18H2,1-4H3,(H,32,33). The highest BCUT2D eigenvalue weighted by atomic mass is 16.5. The number of oxazole rings is 1. The fourth-order valence-corrected chi connectivity index (χ4v) is 4.51. The van der Waals surface area contributed by atoms with Crippen molar-refractivity contribution < 1.29 is 13.9 Å². The zero-order chi connectivity index (χ0) is 28.2. The van der Waals surface area contributed by atoms with Crippen molar-refractivity contribution >= 4 is 28.5 Å². The van der Waals surface area contributed by atoms with E-state index in [4.69, 9.17) is 9.15 Å². The van der Waals surface area contributed by atoms with Crippen molar-refractivity contribution in [2.45, 2.75) is 20.3 Å². The lowest BCUT2D eigenvalue weighted by molar-refractivity contribution is 0.0764. The predicted molar refractivity (Wildman–Crippen MR) is 156 cm³/mol. The molecule has 0 radical (unpaired) electrons. The van der Waals surface area contributed by atoms with E-state index >= 15 is 0 Å². The number of amides is 1. The van der Waals surface area contributed by atoms with E-state index in [1.807, 2.05) is 61.2 Å². The van der Waals surface area contributed by atoms with Gasteiger partial charge in [0.05, 0.1) is 12.8 Å². The number of rotatable bonds is 9. The lowest BCUT2D eigenvalue weighted by atomic mass is 10.1. The van der Waals surface area contributed by atoms with Gasteiger partial charge in [0.2, 0.25) is 5.89 Å². The summed E-state index contributed by atoms with van der Waals surface area (Å²) in [7, 11) is 3.30. The van der Waals surface area contributed by atoms with Crippen LogP contribution < -0.4 is 15.6 Å². The Labute approximate surface area is 232 Å². The van der Waals surface area contributed by atoms with E-state index in [0.29, 0.717) is 52.6 Å². The summed E-state index contributed by atoms with van der Waals surface area (Å²) >= 11 is 0. The maximum atomic E-state index is 13.0.